The number of nitro groups is 1. The zero-order chi connectivity index (χ0) is 9.84. The Bertz CT molecular complexity index is 311. The van der Waals surface area contributed by atoms with Crippen molar-refractivity contribution in [2.75, 3.05) is 0 Å². The van der Waals surface area contributed by atoms with Gasteiger partial charge < -0.3 is 5.11 Å². The molecular weight excluding hydrogens is 190 g/mol. The lowest BCUT2D eigenvalue weighted by atomic mass is 10.1. The molecule has 0 fully saturated rings. The molecule has 68 valence electrons. The zero-order valence-electron chi connectivity index (χ0n) is 6.58. The molecule has 0 spiro atoms. The highest BCUT2D eigenvalue weighted by molar-refractivity contribution is 7.80. The summed E-state index contributed by atoms with van der Waals surface area (Å²) in [7, 11) is 0. The van der Waals surface area contributed by atoms with Gasteiger partial charge in [0.15, 0.2) is 0 Å². The van der Waals surface area contributed by atoms with Gasteiger partial charge in [-0.25, -0.2) is 0 Å². The number of hydrogen-bond donors (Lipinski definition) is 1. The molecule has 0 bridgehead atoms. The predicted octanol–water partition coefficient (Wildman–Crippen LogP) is 1.89. The Balaban J connectivity index is 3.03. The summed E-state index contributed by atoms with van der Waals surface area (Å²) in [5, 5.41) is 18.8. The van der Waals surface area contributed by atoms with E-state index in [4.69, 9.17) is 5.11 Å². The summed E-state index contributed by atoms with van der Waals surface area (Å²) in [6.45, 7) is 0. The highest BCUT2D eigenvalue weighted by atomic mass is 32.1. The van der Waals surface area contributed by atoms with Crippen molar-refractivity contribution in [3.05, 3.63) is 46.0 Å². The van der Waals surface area contributed by atoms with Gasteiger partial charge in [0.05, 0.1) is 0 Å². The highest BCUT2D eigenvalue weighted by Crippen LogP contribution is 2.16. The van der Waals surface area contributed by atoms with E-state index < -0.39 is 16.0 Å². The summed E-state index contributed by atoms with van der Waals surface area (Å²) in [6.07, 6.45) is 0. The first kappa shape index (κ1) is 9.60. The molecule has 13 heavy (non-hydrogen) atoms. The van der Waals surface area contributed by atoms with Gasteiger partial charge in [0.2, 0.25) is 5.05 Å². The van der Waals surface area contributed by atoms with Crippen LogP contribution in [0.3, 0.4) is 0 Å². The van der Waals surface area contributed by atoms with E-state index in [0.717, 1.165) is 0 Å². The van der Waals surface area contributed by atoms with E-state index in [1.54, 1.807) is 30.3 Å². The average Bonchev–Trinajstić information content (AvgIpc) is 2.04. The van der Waals surface area contributed by atoms with Crippen molar-refractivity contribution in [2.24, 2.45) is 0 Å². The maximum absolute atomic E-state index is 10.5. The molecule has 1 N–H and O–H groups in total. The van der Waals surface area contributed by atoms with E-state index in [9.17, 15) is 10.1 Å². The number of rotatable bonds is 3. The second-order valence-electron chi connectivity index (χ2n) is 2.44. The molecule has 1 unspecified atom stereocenters. The summed E-state index contributed by atoms with van der Waals surface area (Å²) in [6, 6.07) is 6.86. The third kappa shape index (κ3) is 2.22. The summed E-state index contributed by atoms with van der Waals surface area (Å²) in [4.78, 5) is 9.89. The second kappa shape index (κ2) is 3.95. The number of hydrogen-bond acceptors (Lipinski definition) is 3. The molecule has 1 aromatic carbocycles. The Morgan fingerprint density at radius 2 is 2.00 bits per heavy atom. The molecule has 0 heterocycles. The minimum atomic E-state index is -1.30. The summed E-state index contributed by atoms with van der Waals surface area (Å²) >= 11 is 4.39. The van der Waals surface area contributed by atoms with E-state index in [2.05, 4.69) is 12.2 Å². The quantitative estimate of drug-likeness (QED) is 0.456. The van der Waals surface area contributed by atoms with Crippen molar-refractivity contribution in [1.29, 1.82) is 0 Å². The van der Waals surface area contributed by atoms with Crippen LogP contribution in [-0.2, 0) is 0 Å². The monoisotopic (exact) mass is 197 g/mol. The van der Waals surface area contributed by atoms with Crippen molar-refractivity contribution < 1.29 is 10.0 Å². The van der Waals surface area contributed by atoms with Crippen molar-refractivity contribution in [1.82, 2.24) is 0 Å². The van der Waals surface area contributed by atoms with Crippen LogP contribution < -0.4 is 0 Å². The Kier molecular flexibility index (Phi) is 2.92. The fourth-order valence-electron chi connectivity index (χ4n) is 0.990. The van der Waals surface area contributed by atoms with Gasteiger partial charge >= 0.3 is 6.04 Å². The Morgan fingerprint density at radius 1 is 1.46 bits per heavy atom. The number of aliphatic hydroxyl groups is 1. The topological polar surface area (TPSA) is 63.4 Å². The predicted molar refractivity (Wildman–Crippen MR) is 51.4 cm³/mol. The van der Waals surface area contributed by atoms with E-state index in [1.165, 1.54) is 0 Å². The molecule has 0 saturated heterocycles. The number of thiocarbonyl (C=S) groups is 1. The van der Waals surface area contributed by atoms with Gasteiger partial charge in [-0.15, -0.1) is 0 Å². The largest absolute Gasteiger partial charge is 0.497 e. The minimum absolute atomic E-state index is 0.389. The van der Waals surface area contributed by atoms with Crippen molar-refractivity contribution >= 4 is 17.3 Å². The second-order valence-corrected chi connectivity index (χ2v) is 2.86. The van der Waals surface area contributed by atoms with Crippen molar-refractivity contribution in [3.8, 4) is 0 Å². The first-order chi connectivity index (χ1) is 6.13. The van der Waals surface area contributed by atoms with Crippen LogP contribution in [0.25, 0.3) is 0 Å². The molecule has 4 nitrogen and oxygen atoms in total. The molecule has 5 heteroatoms. The van der Waals surface area contributed by atoms with Crippen LogP contribution in [0.1, 0.15) is 11.6 Å². The van der Waals surface area contributed by atoms with Gasteiger partial charge in [-0.1, -0.05) is 30.3 Å². The highest BCUT2D eigenvalue weighted by Gasteiger charge is 2.27. The van der Waals surface area contributed by atoms with E-state index in [1.807, 2.05) is 0 Å². The fraction of sp³-hybridized carbons (Fsp3) is 0.125. The maximum atomic E-state index is 10.5. The summed E-state index contributed by atoms with van der Waals surface area (Å²) in [5.41, 5.74) is 0.389. The van der Waals surface area contributed by atoms with Gasteiger partial charge in [0.25, 0.3) is 0 Å². The molecule has 0 aliphatic rings. The first-order valence-electron chi connectivity index (χ1n) is 3.54. The lowest BCUT2D eigenvalue weighted by molar-refractivity contribution is -0.510. The molecular formula is C8H7NO3S. The zero-order valence-corrected chi connectivity index (χ0v) is 7.40. The molecule has 1 atom stereocenters. The average molecular weight is 197 g/mol. The Hall–Kier alpha value is -1.49. The molecule has 0 saturated carbocycles. The third-order valence-corrected chi connectivity index (χ3v) is 1.78. The van der Waals surface area contributed by atoms with Crippen LogP contribution in [0.2, 0.25) is 0 Å². The van der Waals surface area contributed by atoms with E-state index in [-0.39, 0.29) is 0 Å². The molecule has 0 aliphatic carbocycles. The molecule has 0 amide bonds. The molecule has 0 aromatic heterocycles. The Labute approximate surface area is 80.0 Å². The van der Waals surface area contributed by atoms with E-state index >= 15 is 0 Å². The van der Waals surface area contributed by atoms with Crippen LogP contribution in [0, 0.1) is 10.1 Å². The molecule has 0 radical (unpaired) electrons. The maximum Gasteiger partial charge on any atom is 0.304 e. The SMILES string of the molecule is O=[N+]([O-])C(C(O)=S)c1ccccc1. The number of benzene rings is 1. The van der Waals surface area contributed by atoms with Gasteiger partial charge in [-0.2, -0.15) is 0 Å². The fourth-order valence-corrected chi connectivity index (χ4v) is 1.21. The van der Waals surface area contributed by atoms with Crippen LogP contribution in [0.15, 0.2) is 30.3 Å². The standard InChI is InChI=1S/C8H7NO3S/c10-8(13)7(9(11)12)6-4-2-1-3-5-6/h1-5,7H,(H,10,13). The van der Waals surface area contributed by atoms with Gasteiger partial charge in [0.1, 0.15) is 0 Å². The van der Waals surface area contributed by atoms with Crippen LogP contribution in [0.5, 0.6) is 0 Å². The van der Waals surface area contributed by atoms with Crippen LogP contribution in [0.4, 0.5) is 0 Å². The van der Waals surface area contributed by atoms with E-state index in [0.29, 0.717) is 5.56 Å². The smallest absolute Gasteiger partial charge is 0.304 e. The van der Waals surface area contributed by atoms with Gasteiger partial charge in [-0.05, 0) is 12.2 Å². The van der Waals surface area contributed by atoms with Crippen molar-refractivity contribution in [2.45, 2.75) is 6.04 Å². The summed E-state index contributed by atoms with van der Waals surface area (Å²) < 4.78 is 0. The third-order valence-electron chi connectivity index (χ3n) is 1.56. The van der Waals surface area contributed by atoms with Gasteiger partial charge in [-0.3, -0.25) is 10.1 Å². The molecule has 1 rings (SSSR count). The van der Waals surface area contributed by atoms with Crippen molar-refractivity contribution in [3.63, 3.8) is 0 Å². The first-order valence-corrected chi connectivity index (χ1v) is 3.95. The summed E-state index contributed by atoms with van der Waals surface area (Å²) in [5.74, 6) is 0. The number of aliphatic hydroxyl groups excluding tert-OH is 1. The normalized spacial score (nSPS) is 12.0. The Morgan fingerprint density at radius 3 is 2.38 bits per heavy atom. The lowest BCUT2D eigenvalue weighted by Gasteiger charge is -2.05. The number of nitrogens with zero attached hydrogens (tertiary/aromatic N) is 1. The lowest BCUT2D eigenvalue weighted by Crippen LogP contribution is -2.18. The minimum Gasteiger partial charge on any atom is -0.497 e. The van der Waals surface area contributed by atoms with Gasteiger partial charge in [0, 0.05) is 10.5 Å². The molecule has 1 aromatic rings. The molecule has 0 aliphatic heterocycles. The van der Waals surface area contributed by atoms with Crippen LogP contribution >= 0.6 is 12.2 Å². The van der Waals surface area contributed by atoms with Crippen LogP contribution in [-0.4, -0.2) is 15.1 Å².